The highest BCUT2D eigenvalue weighted by atomic mass is 32.2. The number of nitrogens with zero attached hydrogens (tertiary/aromatic N) is 5. The van der Waals surface area contributed by atoms with E-state index in [1.165, 1.54) is 0 Å². The Kier molecular flexibility index (Phi) is 7.18. The van der Waals surface area contributed by atoms with Crippen LogP contribution in [0.5, 0.6) is 0 Å². The van der Waals surface area contributed by atoms with Crippen molar-refractivity contribution < 1.29 is 14.1 Å². The number of amides is 1. The average molecular weight is 481 g/mol. The van der Waals surface area contributed by atoms with Crippen molar-refractivity contribution in [3.63, 3.8) is 0 Å². The second kappa shape index (κ2) is 10.3. The minimum atomic E-state index is -1.19. The molecule has 2 N–H and O–H groups in total. The number of benzene rings is 2. The molecule has 0 bridgehead atoms. The molecule has 0 saturated carbocycles. The number of carbonyl (C=O) groups is 1. The molecule has 10 heteroatoms. The third kappa shape index (κ3) is 4.26. The number of aliphatic imine (C=N–C) groups is 1. The first-order valence-corrected chi connectivity index (χ1v) is 12.6. The van der Waals surface area contributed by atoms with E-state index >= 15 is 0 Å². The molecule has 1 aromatic heterocycles. The first-order valence-electron chi connectivity index (χ1n) is 11.3. The third-order valence-corrected chi connectivity index (χ3v) is 7.14. The normalized spacial score (nSPS) is 13.4. The van der Waals surface area contributed by atoms with Gasteiger partial charge >= 0.3 is 0 Å². The molecule has 2 aromatic carbocycles. The zero-order valence-corrected chi connectivity index (χ0v) is 20.3. The van der Waals surface area contributed by atoms with Crippen LogP contribution in [0.3, 0.4) is 0 Å². The molecule has 1 unspecified atom stereocenters. The zero-order chi connectivity index (χ0) is 24.2. The molecule has 2 heterocycles. The van der Waals surface area contributed by atoms with Gasteiger partial charge in [0.25, 0.3) is 0 Å². The molecule has 1 aliphatic rings. The Balaban J connectivity index is 2.08. The SMILES string of the molecule is CCN(CC)c1cc(S(=O)CC)cc2c1C(c1cccc(NC=O)c1)=NCc1nnc(CO)n1-2. The van der Waals surface area contributed by atoms with Crippen LogP contribution in [0.1, 0.15) is 43.5 Å². The lowest BCUT2D eigenvalue weighted by atomic mass is 9.97. The fourth-order valence-electron chi connectivity index (χ4n) is 4.24. The van der Waals surface area contributed by atoms with Gasteiger partial charge in [0.2, 0.25) is 6.41 Å². The molecule has 178 valence electrons. The molecule has 0 saturated heterocycles. The van der Waals surface area contributed by atoms with Gasteiger partial charge in [-0.15, -0.1) is 10.2 Å². The monoisotopic (exact) mass is 480 g/mol. The number of anilines is 2. The summed E-state index contributed by atoms with van der Waals surface area (Å²) in [5.74, 6) is 1.47. The van der Waals surface area contributed by atoms with Crippen LogP contribution in [0.15, 0.2) is 46.3 Å². The maximum Gasteiger partial charge on any atom is 0.211 e. The molecule has 1 atom stereocenters. The number of aliphatic hydroxyl groups excluding tert-OH is 1. The summed E-state index contributed by atoms with van der Waals surface area (Å²) in [6.07, 6.45) is 0.643. The van der Waals surface area contributed by atoms with Crippen LogP contribution >= 0.6 is 0 Å². The topological polar surface area (TPSA) is 113 Å². The van der Waals surface area contributed by atoms with E-state index in [0.717, 1.165) is 41.3 Å². The van der Waals surface area contributed by atoms with Gasteiger partial charge in [0.05, 0.1) is 22.2 Å². The molecule has 34 heavy (non-hydrogen) atoms. The Labute approximate surface area is 201 Å². The van der Waals surface area contributed by atoms with Crippen LogP contribution in [0.4, 0.5) is 11.4 Å². The van der Waals surface area contributed by atoms with Gasteiger partial charge in [-0.25, -0.2) is 0 Å². The summed E-state index contributed by atoms with van der Waals surface area (Å²) >= 11 is 0. The molecule has 0 spiro atoms. The summed E-state index contributed by atoms with van der Waals surface area (Å²) in [6.45, 7) is 7.49. The standard InChI is InChI=1S/C24H28N6O3S/c1-4-29(5-2)19-11-18(34(33)6-3)12-20-23(19)24(16-8-7-9-17(10-16)26-15-32)25-13-21-27-28-22(14-31)30(20)21/h7-12,15,31H,4-6,13-14H2,1-3H3,(H,26,32). The smallest absolute Gasteiger partial charge is 0.211 e. The van der Waals surface area contributed by atoms with Crippen molar-refractivity contribution in [2.45, 2.75) is 38.8 Å². The second-order valence-corrected chi connectivity index (χ2v) is 9.42. The molecule has 4 rings (SSSR count). The number of fused-ring (bicyclic) bond motifs is 3. The van der Waals surface area contributed by atoms with Crippen LogP contribution in [-0.2, 0) is 28.7 Å². The first-order chi connectivity index (χ1) is 16.6. The van der Waals surface area contributed by atoms with Crippen LogP contribution in [0.25, 0.3) is 5.69 Å². The quantitative estimate of drug-likeness (QED) is 0.455. The molecule has 0 radical (unpaired) electrons. The largest absolute Gasteiger partial charge is 0.388 e. The van der Waals surface area contributed by atoms with E-state index in [9.17, 15) is 14.1 Å². The molecule has 9 nitrogen and oxygen atoms in total. The highest BCUT2D eigenvalue weighted by Gasteiger charge is 2.28. The second-order valence-electron chi connectivity index (χ2n) is 7.68. The van der Waals surface area contributed by atoms with E-state index in [1.807, 2.05) is 47.9 Å². The van der Waals surface area contributed by atoms with Gasteiger partial charge in [-0.2, -0.15) is 0 Å². The van der Waals surface area contributed by atoms with Crippen molar-refractivity contribution in [3.05, 3.63) is 59.2 Å². The van der Waals surface area contributed by atoms with Gasteiger partial charge in [-0.1, -0.05) is 19.1 Å². The Morgan fingerprint density at radius 3 is 2.65 bits per heavy atom. The van der Waals surface area contributed by atoms with E-state index in [-0.39, 0.29) is 13.2 Å². The molecule has 3 aromatic rings. The van der Waals surface area contributed by atoms with E-state index in [2.05, 4.69) is 34.3 Å². The number of hydrogen-bond acceptors (Lipinski definition) is 7. The maximum absolute atomic E-state index is 12.9. The van der Waals surface area contributed by atoms with Gasteiger partial charge in [0.1, 0.15) is 13.2 Å². The number of aromatic nitrogens is 3. The van der Waals surface area contributed by atoms with Crippen molar-refractivity contribution in [3.8, 4) is 5.69 Å². The minimum absolute atomic E-state index is 0.256. The lowest BCUT2D eigenvalue weighted by molar-refractivity contribution is -0.105. The van der Waals surface area contributed by atoms with E-state index < -0.39 is 10.8 Å². The molecule has 0 fully saturated rings. The molecule has 1 aliphatic heterocycles. The number of aliphatic hydroxyl groups is 1. The van der Waals surface area contributed by atoms with Gasteiger partial charge in [0.15, 0.2) is 11.6 Å². The average Bonchev–Trinajstić information content (AvgIpc) is 3.20. The molecule has 0 aliphatic carbocycles. The summed E-state index contributed by atoms with van der Waals surface area (Å²) < 4.78 is 14.8. The van der Waals surface area contributed by atoms with E-state index in [4.69, 9.17) is 4.99 Å². The highest BCUT2D eigenvalue weighted by molar-refractivity contribution is 7.85. The highest BCUT2D eigenvalue weighted by Crippen LogP contribution is 2.36. The van der Waals surface area contributed by atoms with Crippen LogP contribution < -0.4 is 10.2 Å². The van der Waals surface area contributed by atoms with Crippen molar-refractivity contribution in [2.24, 2.45) is 4.99 Å². The molecule has 1 amide bonds. The minimum Gasteiger partial charge on any atom is -0.388 e. The number of carbonyl (C=O) groups excluding carboxylic acids is 1. The summed E-state index contributed by atoms with van der Waals surface area (Å²) in [5.41, 5.74) is 4.69. The summed E-state index contributed by atoms with van der Waals surface area (Å²) in [4.78, 5) is 18.9. The summed E-state index contributed by atoms with van der Waals surface area (Å²) in [5, 5.41) is 21.1. The first kappa shape index (κ1) is 23.8. The van der Waals surface area contributed by atoms with Gasteiger partial charge in [-0.05, 0) is 38.1 Å². The summed E-state index contributed by atoms with van der Waals surface area (Å²) in [7, 11) is -1.19. The Bertz CT molecular complexity index is 1270. The Hall–Kier alpha value is -3.37. The zero-order valence-electron chi connectivity index (χ0n) is 19.5. The van der Waals surface area contributed by atoms with Gasteiger partial charge in [0, 0.05) is 46.2 Å². The number of nitrogens with one attached hydrogen (secondary N) is 1. The van der Waals surface area contributed by atoms with E-state index in [1.54, 1.807) is 0 Å². The van der Waals surface area contributed by atoms with Gasteiger partial charge in [-0.3, -0.25) is 18.6 Å². The van der Waals surface area contributed by atoms with Crippen molar-refractivity contribution in [1.82, 2.24) is 14.8 Å². The lowest BCUT2D eigenvalue weighted by Crippen LogP contribution is -2.26. The van der Waals surface area contributed by atoms with E-state index in [0.29, 0.717) is 34.4 Å². The Morgan fingerprint density at radius 2 is 1.97 bits per heavy atom. The van der Waals surface area contributed by atoms with Crippen molar-refractivity contribution >= 4 is 34.3 Å². The molecular formula is C24H28N6O3S. The lowest BCUT2D eigenvalue weighted by Gasteiger charge is -2.27. The van der Waals surface area contributed by atoms with Crippen LogP contribution in [0, 0.1) is 0 Å². The fraction of sp³-hybridized carbons (Fsp3) is 0.333. The number of rotatable bonds is 9. The molecular weight excluding hydrogens is 452 g/mol. The third-order valence-electron chi connectivity index (χ3n) is 5.86. The summed E-state index contributed by atoms with van der Waals surface area (Å²) in [6, 6.07) is 11.4. The predicted molar refractivity (Wildman–Crippen MR) is 133 cm³/mol. The number of hydrogen-bond donors (Lipinski definition) is 2. The maximum atomic E-state index is 12.9. The van der Waals surface area contributed by atoms with Gasteiger partial charge < -0.3 is 15.3 Å². The predicted octanol–water partition coefficient (Wildman–Crippen LogP) is 2.65. The Morgan fingerprint density at radius 1 is 1.18 bits per heavy atom. The van der Waals surface area contributed by atoms with Crippen molar-refractivity contribution in [1.29, 1.82) is 0 Å². The van der Waals surface area contributed by atoms with Crippen LogP contribution in [0.2, 0.25) is 0 Å². The van der Waals surface area contributed by atoms with Crippen LogP contribution in [-0.4, -0.2) is 55.0 Å². The van der Waals surface area contributed by atoms with Crippen molar-refractivity contribution in [2.75, 3.05) is 29.1 Å². The fourth-order valence-corrected chi connectivity index (χ4v) is 5.06.